The first-order valence-electron chi connectivity index (χ1n) is 5.92. The molecule has 0 radical (unpaired) electrons. The third kappa shape index (κ3) is 7.72. The summed E-state index contributed by atoms with van der Waals surface area (Å²) in [6.45, 7) is 6.93. The van der Waals surface area contributed by atoms with E-state index in [1.165, 1.54) is 0 Å². The Kier molecular flexibility index (Phi) is 11.5. The van der Waals surface area contributed by atoms with Crippen LogP contribution in [0.1, 0.15) is 36.3 Å². The van der Waals surface area contributed by atoms with E-state index in [4.69, 9.17) is 0 Å². The molecular formula is C12H23Cl2N3OS. The van der Waals surface area contributed by atoms with E-state index in [9.17, 15) is 4.79 Å². The van der Waals surface area contributed by atoms with Gasteiger partial charge in [0.05, 0.1) is 5.01 Å². The lowest BCUT2D eigenvalue weighted by atomic mass is 10.1. The summed E-state index contributed by atoms with van der Waals surface area (Å²) < 4.78 is 0. The number of hydrogen-bond acceptors (Lipinski definition) is 4. The van der Waals surface area contributed by atoms with Crippen LogP contribution in [0.25, 0.3) is 0 Å². The lowest BCUT2D eigenvalue weighted by molar-refractivity contribution is 0.0946. The van der Waals surface area contributed by atoms with Gasteiger partial charge in [-0.1, -0.05) is 13.8 Å². The standard InChI is InChI=1S/C12H21N3OS.2ClH/c1-8(2)5-11-15-10(7-17-11)12(16)14-6-9(3)13-4;;/h7-9,13H,5-6H2,1-4H3,(H,14,16);2*1H. The normalized spacial score (nSPS) is 11.4. The molecule has 2 N–H and O–H groups in total. The molecule has 0 aliphatic carbocycles. The smallest absolute Gasteiger partial charge is 0.270 e. The van der Waals surface area contributed by atoms with Crippen molar-refractivity contribution in [3.63, 3.8) is 0 Å². The first kappa shape index (κ1) is 20.9. The van der Waals surface area contributed by atoms with E-state index in [0.29, 0.717) is 18.2 Å². The van der Waals surface area contributed by atoms with Crippen molar-refractivity contribution in [3.05, 3.63) is 16.1 Å². The third-order valence-electron chi connectivity index (χ3n) is 2.43. The summed E-state index contributed by atoms with van der Waals surface area (Å²) >= 11 is 1.56. The molecule has 19 heavy (non-hydrogen) atoms. The molecule has 0 saturated heterocycles. The summed E-state index contributed by atoms with van der Waals surface area (Å²) in [5.74, 6) is 0.486. The van der Waals surface area contributed by atoms with Crippen molar-refractivity contribution in [3.8, 4) is 0 Å². The molecule has 1 aromatic rings. The number of halogens is 2. The molecule has 0 bridgehead atoms. The molecule has 7 heteroatoms. The minimum atomic E-state index is -0.0849. The number of aromatic nitrogens is 1. The Balaban J connectivity index is 0. The quantitative estimate of drug-likeness (QED) is 0.844. The van der Waals surface area contributed by atoms with Gasteiger partial charge in [0.25, 0.3) is 5.91 Å². The van der Waals surface area contributed by atoms with Crippen molar-refractivity contribution in [2.45, 2.75) is 33.2 Å². The molecule has 4 nitrogen and oxygen atoms in total. The van der Waals surface area contributed by atoms with E-state index in [-0.39, 0.29) is 36.8 Å². The van der Waals surface area contributed by atoms with E-state index < -0.39 is 0 Å². The molecule has 1 atom stereocenters. The second-order valence-electron chi connectivity index (χ2n) is 4.62. The molecule has 0 aromatic carbocycles. The van der Waals surface area contributed by atoms with Gasteiger partial charge in [-0.05, 0) is 19.9 Å². The zero-order valence-electron chi connectivity index (χ0n) is 11.7. The molecule has 1 amide bonds. The summed E-state index contributed by atoms with van der Waals surface area (Å²) in [6, 6.07) is 0.271. The maximum absolute atomic E-state index is 11.8. The lowest BCUT2D eigenvalue weighted by Crippen LogP contribution is -2.37. The fourth-order valence-corrected chi connectivity index (χ4v) is 2.28. The molecule has 0 spiro atoms. The van der Waals surface area contributed by atoms with Gasteiger partial charge in [0.1, 0.15) is 5.69 Å². The Morgan fingerprint density at radius 3 is 2.53 bits per heavy atom. The lowest BCUT2D eigenvalue weighted by Gasteiger charge is -2.10. The van der Waals surface area contributed by atoms with Crippen LogP contribution in [0.2, 0.25) is 0 Å². The van der Waals surface area contributed by atoms with Crippen molar-refractivity contribution >= 4 is 42.1 Å². The molecule has 1 heterocycles. The van der Waals surface area contributed by atoms with Crippen LogP contribution in [0.4, 0.5) is 0 Å². The second kappa shape index (κ2) is 10.4. The van der Waals surface area contributed by atoms with Crippen molar-refractivity contribution in [2.24, 2.45) is 5.92 Å². The minimum Gasteiger partial charge on any atom is -0.349 e. The maximum Gasteiger partial charge on any atom is 0.270 e. The van der Waals surface area contributed by atoms with Crippen molar-refractivity contribution in [1.29, 1.82) is 0 Å². The van der Waals surface area contributed by atoms with E-state index in [2.05, 4.69) is 29.5 Å². The predicted molar refractivity (Wildman–Crippen MR) is 86.0 cm³/mol. The van der Waals surface area contributed by atoms with Crippen LogP contribution in [-0.2, 0) is 6.42 Å². The largest absolute Gasteiger partial charge is 0.349 e. The molecule has 0 fully saturated rings. The Bertz CT molecular complexity index is 372. The topological polar surface area (TPSA) is 54.0 Å². The van der Waals surface area contributed by atoms with Crippen LogP contribution in [0.15, 0.2) is 5.38 Å². The highest BCUT2D eigenvalue weighted by atomic mass is 35.5. The summed E-state index contributed by atoms with van der Waals surface area (Å²) in [6.07, 6.45) is 0.935. The van der Waals surface area contributed by atoms with Gasteiger partial charge in [0, 0.05) is 24.4 Å². The van der Waals surface area contributed by atoms with Crippen molar-refractivity contribution in [2.75, 3.05) is 13.6 Å². The van der Waals surface area contributed by atoms with Crippen LogP contribution in [-0.4, -0.2) is 30.5 Å². The fraction of sp³-hybridized carbons (Fsp3) is 0.667. The Morgan fingerprint density at radius 2 is 2.00 bits per heavy atom. The molecule has 1 unspecified atom stereocenters. The molecule has 112 valence electrons. The monoisotopic (exact) mass is 327 g/mol. The molecule has 0 aliphatic heterocycles. The zero-order chi connectivity index (χ0) is 12.8. The van der Waals surface area contributed by atoms with Gasteiger partial charge >= 0.3 is 0 Å². The first-order valence-corrected chi connectivity index (χ1v) is 6.80. The van der Waals surface area contributed by atoms with Gasteiger partial charge < -0.3 is 10.6 Å². The SMILES string of the molecule is CNC(C)CNC(=O)c1csc(CC(C)C)n1.Cl.Cl. The molecule has 1 aromatic heterocycles. The van der Waals surface area contributed by atoms with E-state index in [1.54, 1.807) is 11.3 Å². The Hall–Kier alpha value is -0.360. The zero-order valence-corrected chi connectivity index (χ0v) is 14.2. The number of carbonyl (C=O) groups is 1. The number of amides is 1. The number of rotatable bonds is 6. The third-order valence-corrected chi connectivity index (χ3v) is 3.30. The molecule has 0 saturated carbocycles. The summed E-state index contributed by atoms with van der Waals surface area (Å²) in [4.78, 5) is 16.1. The highest BCUT2D eigenvalue weighted by molar-refractivity contribution is 7.09. The average molecular weight is 328 g/mol. The first-order chi connectivity index (χ1) is 8.02. The van der Waals surface area contributed by atoms with Crippen molar-refractivity contribution < 1.29 is 4.79 Å². The number of nitrogens with one attached hydrogen (secondary N) is 2. The highest BCUT2D eigenvalue weighted by Gasteiger charge is 2.11. The maximum atomic E-state index is 11.8. The van der Waals surface area contributed by atoms with Gasteiger partial charge in [-0.25, -0.2) is 4.98 Å². The number of nitrogens with zero attached hydrogens (tertiary/aromatic N) is 1. The van der Waals surface area contributed by atoms with Gasteiger partial charge in [-0.15, -0.1) is 36.2 Å². The minimum absolute atomic E-state index is 0. The second-order valence-corrected chi connectivity index (χ2v) is 5.57. The van der Waals surface area contributed by atoms with E-state index in [1.807, 2.05) is 19.4 Å². The van der Waals surface area contributed by atoms with Crippen LogP contribution in [0.3, 0.4) is 0 Å². The van der Waals surface area contributed by atoms with Gasteiger partial charge in [0.15, 0.2) is 0 Å². The van der Waals surface area contributed by atoms with Gasteiger partial charge in [0.2, 0.25) is 0 Å². The number of likely N-dealkylation sites (N-methyl/N-ethyl adjacent to an activating group) is 1. The fourth-order valence-electron chi connectivity index (χ4n) is 1.30. The van der Waals surface area contributed by atoms with Crippen molar-refractivity contribution in [1.82, 2.24) is 15.6 Å². The van der Waals surface area contributed by atoms with E-state index >= 15 is 0 Å². The van der Waals surface area contributed by atoms with Crippen LogP contribution >= 0.6 is 36.2 Å². The molecule has 1 rings (SSSR count). The molecule has 0 aliphatic rings. The predicted octanol–water partition coefficient (Wildman–Crippen LogP) is 2.52. The average Bonchev–Trinajstić information content (AvgIpc) is 2.72. The summed E-state index contributed by atoms with van der Waals surface area (Å²) in [5.41, 5.74) is 0.536. The van der Waals surface area contributed by atoms with Gasteiger partial charge in [-0.2, -0.15) is 0 Å². The van der Waals surface area contributed by atoms with Crippen LogP contribution in [0.5, 0.6) is 0 Å². The molecular weight excluding hydrogens is 305 g/mol. The summed E-state index contributed by atoms with van der Waals surface area (Å²) in [5, 5.41) is 8.79. The number of carbonyl (C=O) groups excluding carboxylic acids is 1. The van der Waals surface area contributed by atoms with Crippen LogP contribution < -0.4 is 10.6 Å². The van der Waals surface area contributed by atoms with E-state index in [0.717, 1.165) is 11.4 Å². The highest BCUT2D eigenvalue weighted by Crippen LogP contribution is 2.14. The number of thiazole rings is 1. The van der Waals surface area contributed by atoms with Gasteiger partial charge in [-0.3, -0.25) is 4.79 Å². The Morgan fingerprint density at radius 1 is 1.37 bits per heavy atom. The Labute approximate surface area is 131 Å². The van der Waals surface area contributed by atoms with Crippen LogP contribution in [0, 0.1) is 5.92 Å². The summed E-state index contributed by atoms with van der Waals surface area (Å²) in [7, 11) is 1.88. The number of hydrogen-bond donors (Lipinski definition) is 2.